The number of carbonyl (C=O) groups excluding carboxylic acids is 1. The normalized spacial score (nSPS) is 11.9. The number of hydrogen-bond donors (Lipinski definition) is 3. The van der Waals surface area contributed by atoms with Crippen LogP contribution in [0, 0.1) is 6.92 Å². The molecular weight excluding hydrogens is 248 g/mol. The first-order chi connectivity index (χ1) is 7.95. The fourth-order valence-electron chi connectivity index (χ4n) is 1.12. The van der Waals surface area contributed by atoms with E-state index in [-0.39, 0.29) is 10.6 Å². The predicted octanol–water partition coefficient (Wildman–Crippen LogP) is 0.219. The number of pyridine rings is 1. The summed E-state index contributed by atoms with van der Waals surface area (Å²) in [6.07, 6.45) is 1.25. The summed E-state index contributed by atoms with van der Waals surface area (Å²) in [5, 5.41) is 19.7. The van der Waals surface area contributed by atoms with Crippen molar-refractivity contribution in [1.29, 1.82) is 0 Å². The van der Waals surface area contributed by atoms with Gasteiger partial charge in [0.15, 0.2) is 6.04 Å². The van der Waals surface area contributed by atoms with Crippen LogP contribution in [0.4, 0.5) is 0 Å². The van der Waals surface area contributed by atoms with Gasteiger partial charge in [-0.25, -0.2) is 4.79 Å². The molecule has 1 heterocycles. The van der Waals surface area contributed by atoms with Crippen LogP contribution >= 0.6 is 11.6 Å². The molecule has 0 aliphatic heterocycles. The third kappa shape index (κ3) is 3.40. The molecule has 0 saturated carbocycles. The summed E-state index contributed by atoms with van der Waals surface area (Å²) in [4.78, 5) is 26.1. The van der Waals surface area contributed by atoms with Gasteiger partial charge in [-0.2, -0.15) is 0 Å². The Hall–Kier alpha value is -1.66. The molecular formula is C10H11ClN2O4. The number of rotatable bonds is 4. The van der Waals surface area contributed by atoms with E-state index in [0.29, 0.717) is 5.69 Å². The van der Waals surface area contributed by atoms with Gasteiger partial charge in [-0.1, -0.05) is 11.6 Å². The van der Waals surface area contributed by atoms with Gasteiger partial charge in [-0.3, -0.25) is 9.78 Å². The van der Waals surface area contributed by atoms with Gasteiger partial charge in [0.1, 0.15) is 0 Å². The van der Waals surface area contributed by atoms with Gasteiger partial charge >= 0.3 is 5.97 Å². The zero-order valence-corrected chi connectivity index (χ0v) is 9.73. The van der Waals surface area contributed by atoms with Crippen LogP contribution in [-0.2, 0) is 4.79 Å². The number of carboxylic acid groups (broad SMARTS) is 1. The Labute approximate surface area is 102 Å². The number of halogens is 1. The molecule has 0 radical (unpaired) electrons. The van der Waals surface area contributed by atoms with Crippen molar-refractivity contribution in [2.24, 2.45) is 0 Å². The molecule has 1 atom stereocenters. The van der Waals surface area contributed by atoms with Crippen molar-refractivity contribution < 1.29 is 19.8 Å². The molecule has 0 aromatic carbocycles. The van der Waals surface area contributed by atoms with Crippen LogP contribution in [0.1, 0.15) is 16.1 Å². The number of amides is 1. The van der Waals surface area contributed by atoms with Crippen molar-refractivity contribution in [1.82, 2.24) is 10.3 Å². The maximum atomic E-state index is 11.6. The van der Waals surface area contributed by atoms with E-state index in [1.165, 1.54) is 12.3 Å². The van der Waals surface area contributed by atoms with Crippen molar-refractivity contribution in [3.8, 4) is 0 Å². The number of hydrogen-bond acceptors (Lipinski definition) is 4. The minimum absolute atomic E-state index is 0.0666. The van der Waals surface area contributed by atoms with Gasteiger partial charge in [-0.05, 0) is 13.0 Å². The van der Waals surface area contributed by atoms with Gasteiger partial charge in [0.25, 0.3) is 5.91 Å². The Morgan fingerprint density at radius 1 is 1.59 bits per heavy atom. The molecule has 1 aromatic heterocycles. The van der Waals surface area contributed by atoms with E-state index >= 15 is 0 Å². The van der Waals surface area contributed by atoms with E-state index in [1.807, 2.05) is 0 Å². The number of aryl methyl sites for hydroxylation is 1. The lowest BCUT2D eigenvalue weighted by molar-refractivity contribution is -0.140. The van der Waals surface area contributed by atoms with Crippen molar-refractivity contribution in [3.05, 3.63) is 28.5 Å². The first-order valence-corrected chi connectivity index (χ1v) is 5.10. The molecule has 0 aliphatic carbocycles. The average molecular weight is 259 g/mol. The van der Waals surface area contributed by atoms with Crippen LogP contribution in [0.3, 0.4) is 0 Å². The molecule has 0 spiro atoms. The Balaban J connectivity index is 2.86. The third-order valence-corrected chi connectivity index (χ3v) is 2.33. The summed E-state index contributed by atoms with van der Waals surface area (Å²) >= 11 is 5.82. The average Bonchev–Trinajstić information content (AvgIpc) is 2.24. The Kier molecular flexibility index (Phi) is 4.42. The third-order valence-electron chi connectivity index (χ3n) is 2.02. The van der Waals surface area contributed by atoms with E-state index in [2.05, 4.69) is 10.3 Å². The minimum Gasteiger partial charge on any atom is -0.480 e. The molecule has 1 amide bonds. The Morgan fingerprint density at radius 3 is 2.71 bits per heavy atom. The molecule has 1 rings (SSSR count). The summed E-state index contributed by atoms with van der Waals surface area (Å²) < 4.78 is 0. The summed E-state index contributed by atoms with van der Waals surface area (Å²) in [6, 6.07) is 0.130. The van der Waals surface area contributed by atoms with Crippen LogP contribution < -0.4 is 5.32 Å². The second kappa shape index (κ2) is 5.60. The second-order valence-electron chi connectivity index (χ2n) is 3.35. The highest BCUT2D eigenvalue weighted by molar-refractivity contribution is 6.33. The van der Waals surface area contributed by atoms with Crippen molar-refractivity contribution in [2.45, 2.75) is 13.0 Å². The number of carboxylic acids is 1. The summed E-state index contributed by atoms with van der Waals surface area (Å²) in [6.45, 7) is 1.01. The van der Waals surface area contributed by atoms with Crippen molar-refractivity contribution in [2.75, 3.05) is 6.61 Å². The summed E-state index contributed by atoms with van der Waals surface area (Å²) in [5.74, 6) is -2.01. The van der Waals surface area contributed by atoms with E-state index in [1.54, 1.807) is 6.92 Å². The van der Waals surface area contributed by atoms with Crippen LogP contribution in [0.15, 0.2) is 12.3 Å². The van der Waals surface area contributed by atoms with Gasteiger partial charge in [0.05, 0.1) is 17.2 Å². The fraction of sp³-hybridized carbons (Fsp3) is 0.300. The molecule has 17 heavy (non-hydrogen) atoms. The lowest BCUT2D eigenvalue weighted by Crippen LogP contribution is -2.43. The molecule has 0 unspecified atom stereocenters. The largest absolute Gasteiger partial charge is 0.480 e. The highest BCUT2D eigenvalue weighted by Crippen LogP contribution is 2.15. The summed E-state index contributed by atoms with van der Waals surface area (Å²) in [7, 11) is 0. The molecule has 0 bridgehead atoms. The van der Waals surface area contributed by atoms with E-state index in [0.717, 1.165) is 0 Å². The maximum absolute atomic E-state index is 11.6. The first-order valence-electron chi connectivity index (χ1n) is 4.72. The number of carbonyl (C=O) groups is 2. The second-order valence-corrected chi connectivity index (χ2v) is 3.76. The molecule has 1 aromatic rings. The number of aliphatic hydroxyl groups excluding tert-OH is 1. The van der Waals surface area contributed by atoms with E-state index in [4.69, 9.17) is 21.8 Å². The van der Waals surface area contributed by atoms with Gasteiger partial charge < -0.3 is 15.5 Å². The van der Waals surface area contributed by atoms with Crippen LogP contribution in [0.5, 0.6) is 0 Å². The summed E-state index contributed by atoms with van der Waals surface area (Å²) in [5.41, 5.74) is 0.709. The molecule has 7 heteroatoms. The SMILES string of the molecule is Cc1cc(Cl)c(C(=O)N[C@H](CO)C(=O)O)cn1. The molecule has 3 N–H and O–H groups in total. The topological polar surface area (TPSA) is 99.5 Å². The van der Waals surface area contributed by atoms with Crippen LogP contribution in [0.2, 0.25) is 5.02 Å². The van der Waals surface area contributed by atoms with Crippen molar-refractivity contribution >= 4 is 23.5 Å². The van der Waals surface area contributed by atoms with Gasteiger partial charge in [0.2, 0.25) is 0 Å². The molecule has 6 nitrogen and oxygen atoms in total. The smallest absolute Gasteiger partial charge is 0.328 e. The quantitative estimate of drug-likeness (QED) is 0.717. The van der Waals surface area contributed by atoms with Crippen LogP contribution in [-0.4, -0.2) is 39.7 Å². The molecule has 0 fully saturated rings. The van der Waals surface area contributed by atoms with Gasteiger partial charge in [0, 0.05) is 11.9 Å². The molecule has 92 valence electrons. The first kappa shape index (κ1) is 13.4. The van der Waals surface area contributed by atoms with Crippen molar-refractivity contribution in [3.63, 3.8) is 0 Å². The highest BCUT2D eigenvalue weighted by atomic mass is 35.5. The predicted molar refractivity (Wildman–Crippen MR) is 60.0 cm³/mol. The minimum atomic E-state index is -1.36. The maximum Gasteiger partial charge on any atom is 0.328 e. The number of aliphatic carboxylic acids is 1. The Bertz CT molecular complexity index is 450. The van der Waals surface area contributed by atoms with Crippen LogP contribution in [0.25, 0.3) is 0 Å². The van der Waals surface area contributed by atoms with E-state index < -0.39 is 24.5 Å². The molecule has 0 aliphatic rings. The number of aromatic nitrogens is 1. The van der Waals surface area contributed by atoms with E-state index in [9.17, 15) is 9.59 Å². The lowest BCUT2D eigenvalue weighted by atomic mass is 10.2. The zero-order chi connectivity index (χ0) is 13.0. The zero-order valence-electron chi connectivity index (χ0n) is 8.98. The number of nitrogens with zero attached hydrogens (tertiary/aromatic N) is 1. The molecule has 0 saturated heterocycles. The lowest BCUT2D eigenvalue weighted by Gasteiger charge is -2.12. The highest BCUT2D eigenvalue weighted by Gasteiger charge is 2.21. The number of aliphatic hydroxyl groups is 1. The monoisotopic (exact) mass is 258 g/mol. The standard InChI is InChI=1S/C10H11ClN2O4/c1-5-2-7(11)6(3-12-5)9(15)13-8(4-14)10(16)17/h2-3,8,14H,4H2,1H3,(H,13,15)(H,16,17)/t8-/m1/s1. The fourth-order valence-corrected chi connectivity index (χ4v) is 1.41. The number of nitrogens with one attached hydrogen (secondary N) is 1. The van der Waals surface area contributed by atoms with Gasteiger partial charge in [-0.15, -0.1) is 0 Å². The Morgan fingerprint density at radius 2 is 2.24 bits per heavy atom.